The van der Waals surface area contributed by atoms with Gasteiger partial charge >= 0.3 is 0 Å². The van der Waals surface area contributed by atoms with E-state index < -0.39 is 0 Å². The molecule has 2 heteroatoms. The summed E-state index contributed by atoms with van der Waals surface area (Å²) in [6.45, 7) is 8.49. The van der Waals surface area contributed by atoms with Crippen LogP contribution in [0.1, 0.15) is 78.6 Å². The highest BCUT2D eigenvalue weighted by atomic mass is 16.5. The van der Waals surface area contributed by atoms with Crippen LogP contribution in [0.4, 0.5) is 0 Å². The minimum atomic E-state index is 0.227. The van der Waals surface area contributed by atoms with Crippen LogP contribution in [-0.2, 0) is 4.74 Å². The molecule has 1 N–H and O–H groups in total. The molecule has 5 rings (SSSR count). The molecular formula is C24H37NO. The van der Waals surface area contributed by atoms with Crippen LogP contribution in [0.25, 0.3) is 0 Å². The molecule has 144 valence electrons. The van der Waals surface area contributed by atoms with Crippen LogP contribution in [0.5, 0.6) is 0 Å². The van der Waals surface area contributed by atoms with E-state index in [9.17, 15) is 0 Å². The lowest BCUT2D eigenvalue weighted by Crippen LogP contribution is -2.56. The second kappa shape index (κ2) is 5.93. The van der Waals surface area contributed by atoms with Crippen LogP contribution in [0.3, 0.4) is 0 Å². The molecule has 8 atom stereocenters. The van der Waals surface area contributed by atoms with Gasteiger partial charge in [-0.15, -0.1) is 0 Å². The summed E-state index contributed by atoms with van der Waals surface area (Å²) in [5.74, 6) is 4.84. The molecule has 0 aromatic rings. The Kier molecular flexibility index (Phi) is 3.98. The molecule has 5 aliphatic rings. The van der Waals surface area contributed by atoms with E-state index in [1.54, 1.807) is 5.57 Å². The fraction of sp³-hybridized carbons (Fsp3) is 0.875. The number of rotatable bonds is 1. The Morgan fingerprint density at radius 2 is 2.00 bits per heavy atom. The number of fused-ring (bicyclic) bond motifs is 6. The molecule has 2 nitrogen and oxygen atoms in total. The Morgan fingerprint density at radius 3 is 2.73 bits per heavy atom. The first-order chi connectivity index (χ1) is 12.5. The highest BCUT2D eigenvalue weighted by Crippen LogP contribution is 2.70. The van der Waals surface area contributed by atoms with Crippen molar-refractivity contribution in [1.82, 2.24) is 0 Å². The summed E-state index contributed by atoms with van der Waals surface area (Å²) in [6, 6.07) is 0. The number of ether oxygens (including phenoxy) is 1. The molecule has 1 spiro atoms. The average Bonchev–Trinajstić information content (AvgIpc) is 3.26. The van der Waals surface area contributed by atoms with Crippen molar-refractivity contribution in [3.63, 3.8) is 0 Å². The number of hydrogen-bond donors (Lipinski definition) is 1. The number of allylic oxidation sites excluding steroid dienone is 2. The lowest BCUT2D eigenvalue weighted by atomic mass is 9.45. The maximum absolute atomic E-state index is 8.19. The first kappa shape index (κ1) is 17.5. The number of nitrogens with one attached hydrogen (secondary N) is 1. The van der Waals surface area contributed by atoms with E-state index in [2.05, 4.69) is 26.8 Å². The van der Waals surface area contributed by atoms with E-state index in [-0.39, 0.29) is 5.60 Å². The Balaban J connectivity index is 1.54. The third kappa shape index (κ3) is 2.06. The van der Waals surface area contributed by atoms with Gasteiger partial charge in [0.25, 0.3) is 0 Å². The van der Waals surface area contributed by atoms with Gasteiger partial charge in [0.2, 0.25) is 0 Å². The van der Waals surface area contributed by atoms with Gasteiger partial charge in [0.15, 0.2) is 0 Å². The molecule has 5 unspecified atom stereocenters. The first-order valence-corrected chi connectivity index (χ1v) is 11.5. The van der Waals surface area contributed by atoms with Gasteiger partial charge in [0, 0.05) is 17.7 Å². The quantitative estimate of drug-likeness (QED) is 0.614. The van der Waals surface area contributed by atoms with Crippen LogP contribution in [-0.4, -0.2) is 17.9 Å². The van der Waals surface area contributed by atoms with Crippen molar-refractivity contribution in [3.05, 3.63) is 11.6 Å². The second-order valence-electron chi connectivity index (χ2n) is 10.3. The van der Waals surface area contributed by atoms with Gasteiger partial charge in [0.05, 0.1) is 5.60 Å². The Morgan fingerprint density at radius 1 is 1.15 bits per heavy atom. The molecule has 0 amide bonds. The zero-order valence-electron chi connectivity index (χ0n) is 17.0. The summed E-state index contributed by atoms with van der Waals surface area (Å²) in [4.78, 5) is 0. The van der Waals surface area contributed by atoms with Crippen molar-refractivity contribution < 1.29 is 4.74 Å². The van der Waals surface area contributed by atoms with Crippen molar-refractivity contribution in [2.24, 2.45) is 40.9 Å². The normalized spacial score (nSPS) is 53.2. The standard InChI is InChI=1S/C24H37NO/c1-4-23-11-8-19-18-7-6-17(25)14-20(18)15(2)16(3)22(19)21(23)9-12-24(23)10-5-13-26-24/h14-16,18-19,21-22,25H,4-13H2,1-3H3/t15?,16?,18-,19?,21?,22?,23+,24+/m1/s1. The van der Waals surface area contributed by atoms with Gasteiger partial charge in [-0.1, -0.05) is 26.3 Å². The van der Waals surface area contributed by atoms with Crippen LogP contribution < -0.4 is 0 Å². The molecule has 1 heterocycles. The predicted octanol–water partition coefficient (Wildman–Crippen LogP) is 6.01. The summed E-state index contributed by atoms with van der Waals surface area (Å²) in [6.07, 6.45) is 14.0. The Labute approximate surface area is 159 Å². The molecule has 0 aromatic carbocycles. The summed E-state index contributed by atoms with van der Waals surface area (Å²) >= 11 is 0. The van der Waals surface area contributed by atoms with Gasteiger partial charge in [-0.05, 0) is 99.4 Å². The van der Waals surface area contributed by atoms with Crippen molar-refractivity contribution in [2.45, 2.75) is 84.2 Å². The molecule has 4 aliphatic carbocycles. The van der Waals surface area contributed by atoms with Gasteiger partial charge in [-0.2, -0.15) is 0 Å². The monoisotopic (exact) mass is 355 g/mol. The maximum Gasteiger partial charge on any atom is 0.0742 e. The highest BCUT2D eigenvalue weighted by molar-refractivity contribution is 5.93. The number of hydrogen-bond acceptors (Lipinski definition) is 2. The third-order valence-electron chi connectivity index (χ3n) is 10.0. The zero-order chi connectivity index (χ0) is 18.1. The lowest BCUT2D eigenvalue weighted by Gasteiger charge is -2.60. The molecule has 26 heavy (non-hydrogen) atoms. The topological polar surface area (TPSA) is 33.1 Å². The summed E-state index contributed by atoms with van der Waals surface area (Å²) in [5, 5.41) is 8.19. The summed E-state index contributed by atoms with van der Waals surface area (Å²) in [5.41, 5.74) is 3.21. The maximum atomic E-state index is 8.19. The van der Waals surface area contributed by atoms with E-state index in [0.717, 1.165) is 48.3 Å². The molecule has 1 aliphatic heterocycles. The van der Waals surface area contributed by atoms with Crippen molar-refractivity contribution >= 4 is 5.71 Å². The fourth-order valence-corrected chi connectivity index (χ4v) is 8.84. The molecular weight excluding hydrogens is 318 g/mol. The minimum absolute atomic E-state index is 0.227. The van der Waals surface area contributed by atoms with Crippen molar-refractivity contribution in [1.29, 1.82) is 5.41 Å². The van der Waals surface area contributed by atoms with Gasteiger partial charge in [0.1, 0.15) is 0 Å². The van der Waals surface area contributed by atoms with E-state index in [1.165, 1.54) is 51.4 Å². The molecule has 1 saturated heterocycles. The van der Waals surface area contributed by atoms with Crippen LogP contribution in [0.2, 0.25) is 0 Å². The van der Waals surface area contributed by atoms with E-state index >= 15 is 0 Å². The average molecular weight is 356 g/mol. The van der Waals surface area contributed by atoms with Crippen LogP contribution in [0.15, 0.2) is 11.6 Å². The molecule has 3 saturated carbocycles. The van der Waals surface area contributed by atoms with E-state index in [4.69, 9.17) is 10.1 Å². The summed E-state index contributed by atoms with van der Waals surface area (Å²) in [7, 11) is 0. The molecule has 0 bridgehead atoms. The fourth-order valence-electron chi connectivity index (χ4n) is 8.84. The smallest absolute Gasteiger partial charge is 0.0742 e. The van der Waals surface area contributed by atoms with Crippen LogP contribution in [0, 0.1) is 46.3 Å². The first-order valence-electron chi connectivity index (χ1n) is 11.5. The van der Waals surface area contributed by atoms with Crippen molar-refractivity contribution in [3.8, 4) is 0 Å². The van der Waals surface area contributed by atoms with Gasteiger partial charge in [-0.3, -0.25) is 0 Å². The van der Waals surface area contributed by atoms with Gasteiger partial charge < -0.3 is 10.1 Å². The predicted molar refractivity (Wildman–Crippen MR) is 106 cm³/mol. The Bertz CT molecular complexity index is 630. The highest BCUT2D eigenvalue weighted by Gasteiger charge is 2.66. The second-order valence-corrected chi connectivity index (χ2v) is 10.3. The Hall–Kier alpha value is -0.630. The molecule has 4 fully saturated rings. The SMILES string of the molecule is CC[C@]12CCC3C(C(C)C(C)C4=CC(=N)CC[C@@H]43)C1CC[C@@]21CCCO1. The largest absolute Gasteiger partial charge is 0.374 e. The summed E-state index contributed by atoms with van der Waals surface area (Å²) < 4.78 is 6.59. The van der Waals surface area contributed by atoms with Crippen LogP contribution >= 0.6 is 0 Å². The zero-order valence-corrected chi connectivity index (χ0v) is 17.0. The van der Waals surface area contributed by atoms with E-state index in [1.807, 2.05) is 0 Å². The van der Waals surface area contributed by atoms with Gasteiger partial charge in [-0.25, -0.2) is 0 Å². The van der Waals surface area contributed by atoms with E-state index in [0.29, 0.717) is 11.3 Å². The molecule has 0 radical (unpaired) electrons. The minimum Gasteiger partial charge on any atom is -0.374 e. The third-order valence-corrected chi connectivity index (χ3v) is 10.0. The molecule has 0 aromatic heterocycles. The van der Waals surface area contributed by atoms with Crippen molar-refractivity contribution in [2.75, 3.05) is 6.61 Å². The lowest BCUT2D eigenvalue weighted by molar-refractivity contribution is -0.149.